The topological polar surface area (TPSA) is 46.1 Å². The standard InChI is InChI=1S/C16H21N3O/c1-3-19-10-4-5-15(19)12-18-14-8-6-13(7-9-14)11-16(20)17-2/h4-10,18H,3,11-12H2,1-2H3,(H,17,20). The number of carbonyl (C=O) groups excluding carboxylic acids is 1. The molecule has 1 aromatic heterocycles. The van der Waals surface area contributed by atoms with Crippen LogP contribution in [-0.2, 0) is 24.3 Å². The van der Waals surface area contributed by atoms with E-state index in [0.29, 0.717) is 6.42 Å². The van der Waals surface area contributed by atoms with Gasteiger partial charge in [0.1, 0.15) is 0 Å². The zero-order chi connectivity index (χ0) is 14.4. The van der Waals surface area contributed by atoms with E-state index in [4.69, 9.17) is 0 Å². The Morgan fingerprint density at radius 3 is 2.60 bits per heavy atom. The first-order valence-corrected chi connectivity index (χ1v) is 6.90. The van der Waals surface area contributed by atoms with Gasteiger partial charge in [0, 0.05) is 31.2 Å². The Morgan fingerprint density at radius 1 is 1.20 bits per heavy atom. The lowest BCUT2D eigenvalue weighted by atomic mass is 10.1. The Labute approximate surface area is 119 Å². The molecular weight excluding hydrogens is 250 g/mol. The first-order valence-electron chi connectivity index (χ1n) is 6.90. The van der Waals surface area contributed by atoms with Crippen molar-refractivity contribution in [1.29, 1.82) is 0 Å². The maximum Gasteiger partial charge on any atom is 0.224 e. The summed E-state index contributed by atoms with van der Waals surface area (Å²) in [5.74, 6) is 0.0338. The molecule has 1 amide bonds. The van der Waals surface area contributed by atoms with Crippen molar-refractivity contribution in [3.05, 3.63) is 53.9 Å². The molecule has 1 aromatic carbocycles. The molecular formula is C16H21N3O. The van der Waals surface area contributed by atoms with E-state index in [1.165, 1.54) is 5.69 Å². The van der Waals surface area contributed by atoms with Gasteiger partial charge >= 0.3 is 0 Å². The van der Waals surface area contributed by atoms with Gasteiger partial charge in [-0.1, -0.05) is 12.1 Å². The first kappa shape index (κ1) is 14.2. The van der Waals surface area contributed by atoms with Crippen LogP contribution in [0.15, 0.2) is 42.6 Å². The number of rotatable bonds is 6. The molecule has 0 fully saturated rings. The molecule has 0 saturated heterocycles. The summed E-state index contributed by atoms with van der Waals surface area (Å²) >= 11 is 0. The summed E-state index contributed by atoms with van der Waals surface area (Å²) in [7, 11) is 1.65. The molecule has 20 heavy (non-hydrogen) atoms. The van der Waals surface area contributed by atoms with E-state index in [-0.39, 0.29) is 5.91 Å². The summed E-state index contributed by atoms with van der Waals surface area (Å²) in [6.07, 6.45) is 2.51. The lowest BCUT2D eigenvalue weighted by Crippen LogP contribution is -2.19. The monoisotopic (exact) mass is 271 g/mol. The van der Waals surface area contributed by atoms with Crippen LogP contribution in [-0.4, -0.2) is 17.5 Å². The molecule has 0 radical (unpaired) electrons. The highest BCUT2D eigenvalue weighted by Crippen LogP contribution is 2.12. The molecule has 0 saturated carbocycles. The third kappa shape index (κ3) is 3.63. The Kier molecular flexibility index (Phi) is 4.82. The number of amides is 1. The fraction of sp³-hybridized carbons (Fsp3) is 0.312. The molecule has 4 nitrogen and oxygen atoms in total. The van der Waals surface area contributed by atoms with Gasteiger partial charge in [-0.2, -0.15) is 0 Å². The van der Waals surface area contributed by atoms with E-state index < -0.39 is 0 Å². The average Bonchev–Trinajstić information content (AvgIpc) is 2.94. The number of benzene rings is 1. The second kappa shape index (κ2) is 6.80. The number of aromatic nitrogens is 1. The molecule has 0 bridgehead atoms. The van der Waals surface area contributed by atoms with Gasteiger partial charge in [0.2, 0.25) is 5.91 Å². The normalized spacial score (nSPS) is 10.3. The number of hydrogen-bond acceptors (Lipinski definition) is 2. The number of aryl methyl sites for hydroxylation is 1. The molecule has 2 rings (SSSR count). The van der Waals surface area contributed by atoms with E-state index in [9.17, 15) is 4.79 Å². The smallest absolute Gasteiger partial charge is 0.224 e. The van der Waals surface area contributed by atoms with Crippen molar-refractivity contribution >= 4 is 11.6 Å². The number of nitrogens with one attached hydrogen (secondary N) is 2. The third-order valence-corrected chi connectivity index (χ3v) is 3.34. The summed E-state index contributed by atoms with van der Waals surface area (Å²) in [5, 5.41) is 6.02. The largest absolute Gasteiger partial charge is 0.379 e. The summed E-state index contributed by atoms with van der Waals surface area (Å²) < 4.78 is 2.22. The molecule has 0 aliphatic heterocycles. The third-order valence-electron chi connectivity index (χ3n) is 3.34. The predicted molar refractivity (Wildman–Crippen MR) is 81.6 cm³/mol. The highest BCUT2D eigenvalue weighted by atomic mass is 16.1. The second-order valence-corrected chi connectivity index (χ2v) is 4.69. The van der Waals surface area contributed by atoms with Crippen LogP contribution >= 0.6 is 0 Å². The minimum Gasteiger partial charge on any atom is -0.379 e. The van der Waals surface area contributed by atoms with Gasteiger partial charge in [-0.3, -0.25) is 4.79 Å². The Morgan fingerprint density at radius 2 is 1.95 bits per heavy atom. The fourth-order valence-corrected chi connectivity index (χ4v) is 2.13. The number of hydrogen-bond donors (Lipinski definition) is 2. The van der Waals surface area contributed by atoms with Crippen molar-refractivity contribution in [1.82, 2.24) is 9.88 Å². The van der Waals surface area contributed by atoms with Gasteiger partial charge in [0.05, 0.1) is 13.0 Å². The fourth-order valence-electron chi connectivity index (χ4n) is 2.13. The molecule has 0 aliphatic rings. The highest BCUT2D eigenvalue weighted by Gasteiger charge is 2.02. The number of likely N-dealkylation sites (N-methyl/N-ethyl adjacent to an activating group) is 1. The molecule has 4 heteroatoms. The van der Waals surface area contributed by atoms with Crippen LogP contribution in [0, 0.1) is 0 Å². The predicted octanol–water partition coefficient (Wildman–Crippen LogP) is 2.41. The van der Waals surface area contributed by atoms with Crippen LogP contribution in [0.1, 0.15) is 18.2 Å². The van der Waals surface area contributed by atoms with Crippen molar-refractivity contribution in [2.75, 3.05) is 12.4 Å². The van der Waals surface area contributed by atoms with E-state index in [1.54, 1.807) is 7.05 Å². The summed E-state index contributed by atoms with van der Waals surface area (Å²) in [4.78, 5) is 11.3. The zero-order valence-electron chi connectivity index (χ0n) is 12.0. The molecule has 2 N–H and O–H groups in total. The van der Waals surface area contributed by atoms with Gasteiger partial charge in [-0.15, -0.1) is 0 Å². The van der Waals surface area contributed by atoms with Crippen LogP contribution in [0.3, 0.4) is 0 Å². The first-order chi connectivity index (χ1) is 9.72. The van der Waals surface area contributed by atoms with Crippen LogP contribution in [0.4, 0.5) is 5.69 Å². The molecule has 106 valence electrons. The lowest BCUT2D eigenvalue weighted by Gasteiger charge is -2.10. The Bertz CT molecular complexity index is 557. The van der Waals surface area contributed by atoms with Crippen molar-refractivity contribution in [3.63, 3.8) is 0 Å². The van der Waals surface area contributed by atoms with Gasteiger partial charge in [-0.05, 0) is 36.8 Å². The Balaban J connectivity index is 1.92. The number of nitrogens with zero attached hydrogens (tertiary/aromatic N) is 1. The number of carbonyl (C=O) groups is 1. The van der Waals surface area contributed by atoms with Crippen molar-refractivity contribution in [2.24, 2.45) is 0 Å². The summed E-state index contributed by atoms with van der Waals surface area (Å²) in [5.41, 5.74) is 3.35. The van der Waals surface area contributed by atoms with E-state index in [0.717, 1.165) is 24.3 Å². The molecule has 0 unspecified atom stereocenters. The summed E-state index contributed by atoms with van der Waals surface area (Å²) in [6.45, 7) is 3.92. The Hall–Kier alpha value is -2.23. The maximum atomic E-state index is 11.3. The van der Waals surface area contributed by atoms with Gasteiger partial charge in [0.25, 0.3) is 0 Å². The van der Waals surface area contributed by atoms with Crippen LogP contribution < -0.4 is 10.6 Å². The van der Waals surface area contributed by atoms with Gasteiger partial charge in [-0.25, -0.2) is 0 Å². The minimum absolute atomic E-state index is 0.0338. The average molecular weight is 271 g/mol. The van der Waals surface area contributed by atoms with E-state index in [2.05, 4.69) is 40.5 Å². The van der Waals surface area contributed by atoms with Gasteiger partial charge in [0.15, 0.2) is 0 Å². The zero-order valence-corrected chi connectivity index (χ0v) is 12.0. The molecule has 0 atom stereocenters. The SMILES string of the molecule is CCn1cccc1CNc1ccc(CC(=O)NC)cc1. The van der Waals surface area contributed by atoms with Gasteiger partial charge < -0.3 is 15.2 Å². The molecule has 0 spiro atoms. The second-order valence-electron chi connectivity index (χ2n) is 4.69. The lowest BCUT2D eigenvalue weighted by molar-refractivity contribution is -0.119. The van der Waals surface area contributed by atoms with Crippen molar-refractivity contribution < 1.29 is 4.79 Å². The van der Waals surface area contributed by atoms with E-state index in [1.807, 2.05) is 24.3 Å². The molecule has 0 aliphatic carbocycles. The van der Waals surface area contributed by atoms with E-state index >= 15 is 0 Å². The number of anilines is 1. The summed E-state index contributed by atoms with van der Waals surface area (Å²) in [6, 6.07) is 12.2. The maximum absolute atomic E-state index is 11.3. The quantitative estimate of drug-likeness (QED) is 0.847. The van der Waals surface area contributed by atoms with Crippen LogP contribution in [0.5, 0.6) is 0 Å². The van der Waals surface area contributed by atoms with Crippen LogP contribution in [0.2, 0.25) is 0 Å². The highest BCUT2D eigenvalue weighted by molar-refractivity contribution is 5.78. The van der Waals surface area contributed by atoms with Crippen molar-refractivity contribution in [2.45, 2.75) is 26.4 Å². The van der Waals surface area contributed by atoms with Crippen LogP contribution in [0.25, 0.3) is 0 Å². The van der Waals surface area contributed by atoms with Crippen molar-refractivity contribution in [3.8, 4) is 0 Å². The molecule has 2 aromatic rings. The molecule has 1 heterocycles. The minimum atomic E-state index is 0.0338.